The zero-order valence-electron chi connectivity index (χ0n) is 19.5. The van der Waals surface area contributed by atoms with Crippen LogP contribution in [0, 0.1) is 12.8 Å². The van der Waals surface area contributed by atoms with Crippen molar-refractivity contribution in [3.63, 3.8) is 0 Å². The number of halogens is 3. The summed E-state index contributed by atoms with van der Waals surface area (Å²) in [7, 11) is 0. The second-order valence-electron chi connectivity index (χ2n) is 8.86. The number of rotatable bonds is 10. The number of carbonyl (C=O) groups is 1. The third-order valence-corrected chi connectivity index (χ3v) is 6.54. The summed E-state index contributed by atoms with van der Waals surface area (Å²) in [5, 5.41) is 11.4. The summed E-state index contributed by atoms with van der Waals surface area (Å²) in [5.41, 5.74) is -1.76. The molecule has 184 valence electrons. The molecule has 2 atom stereocenters. The van der Waals surface area contributed by atoms with E-state index in [1.807, 2.05) is 6.20 Å². The minimum Gasteiger partial charge on any atom is -1.00 e. The van der Waals surface area contributed by atoms with Crippen LogP contribution in [-0.2, 0) is 28.2 Å². The van der Waals surface area contributed by atoms with Crippen LogP contribution in [0.3, 0.4) is 0 Å². The number of ether oxygens (including phenoxy) is 1. The van der Waals surface area contributed by atoms with Crippen molar-refractivity contribution in [2.45, 2.75) is 83.4 Å². The van der Waals surface area contributed by atoms with Gasteiger partial charge in [0, 0.05) is 32.1 Å². The molecular weight excluding hydrogens is 494 g/mol. The third kappa shape index (κ3) is 6.63. The smallest absolute Gasteiger partial charge is 0.343 e. The highest BCUT2D eigenvalue weighted by Gasteiger charge is 2.52. The summed E-state index contributed by atoms with van der Waals surface area (Å²) < 4.78 is 38.0. The maximum Gasteiger partial charge on any atom is 0.343 e. The van der Waals surface area contributed by atoms with Crippen LogP contribution in [0.1, 0.15) is 63.3 Å². The van der Waals surface area contributed by atoms with Crippen LogP contribution in [0.4, 0.5) is 8.78 Å². The second-order valence-corrected chi connectivity index (χ2v) is 8.86. The van der Waals surface area contributed by atoms with Crippen molar-refractivity contribution in [3.05, 3.63) is 54.1 Å². The fourth-order valence-corrected chi connectivity index (χ4v) is 4.59. The molecule has 8 heteroatoms. The maximum atomic E-state index is 14.1. The Morgan fingerprint density at radius 3 is 2.70 bits per heavy atom. The van der Waals surface area contributed by atoms with Gasteiger partial charge < -0.3 is 26.8 Å². The Labute approximate surface area is 205 Å². The number of esters is 1. The first-order chi connectivity index (χ1) is 15.3. The number of aromatic nitrogens is 2. The summed E-state index contributed by atoms with van der Waals surface area (Å²) >= 11 is 0. The molecule has 3 rings (SSSR count). The van der Waals surface area contributed by atoms with E-state index in [2.05, 4.69) is 29.2 Å². The number of carbonyl (C=O) groups excluding carboxylic acids is 1. The van der Waals surface area contributed by atoms with Crippen molar-refractivity contribution in [2.24, 2.45) is 5.92 Å². The van der Waals surface area contributed by atoms with Gasteiger partial charge in [0.15, 0.2) is 5.60 Å². The molecule has 1 aromatic heterocycles. The number of benzene rings is 1. The number of hydrogen-bond donors (Lipinski definition) is 1. The Kier molecular flexibility index (Phi) is 10.0. The first-order valence-electron chi connectivity index (χ1n) is 11.7. The molecule has 1 aliphatic rings. The number of aryl methyl sites for hydroxylation is 2. The van der Waals surface area contributed by atoms with Crippen LogP contribution in [0.5, 0.6) is 0 Å². The van der Waals surface area contributed by atoms with Gasteiger partial charge in [-0.25, -0.2) is 22.7 Å². The van der Waals surface area contributed by atoms with E-state index in [1.54, 1.807) is 30.3 Å². The largest absolute Gasteiger partial charge is 1.00 e. The highest BCUT2D eigenvalue weighted by atomic mass is 79.9. The Balaban J connectivity index is 0.00000385. The lowest BCUT2D eigenvalue weighted by Crippen LogP contribution is -3.00. The summed E-state index contributed by atoms with van der Waals surface area (Å²) in [4.78, 5) is 13.0. The van der Waals surface area contributed by atoms with Gasteiger partial charge in [0.1, 0.15) is 12.4 Å². The molecule has 1 heterocycles. The zero-order valence-corrected chi connectivity index (χ0v) is 21.1. The Hall–Kier alpha value is -1.80. The molecule has 0 unspecified atom stereocenters. The van der Waals surface area contributed by atoms with E-state index >= 15 is 0 Å². The predicted octanol–water partition coefficient (Wildman–Crippen LogP) is 1.53. The predicted molar refractivity (Wildman–Crippen MR) is 117 cm³/mol. The molecule has 2 aromatic rings. The maximum absolute atomic E-state index is 14.1. The molecular formula is C25H35BrF2N2O3. The van der Waals surface area contributed by atoms with Gasteiger partial charge >= 0.3 is 5.97 Å². The van der Waals surface area contributed by atoms with Gasteiger partial charge in [-0.1, -0.05) is 43.7 Å². The minimum atomic E-state index is -2.88. The fraction of sp³-hybridized carbons (Fsp3) is 0.600. The molecule has 1 aromatic carbocycles. The molecule has 0 spiro atoms. The molecule has 0 aliphatic heterocycles. The van der Waals surface area contributed by atoms with Crippen LogP contribution in [0.2, 0.25) is 0 Å². The SMILES string of the molecule is CCCC[n+]1ccn(CCCOC(=O)[C@](O)(c2ccccc2)[C@H]2CCCC(F)(F)C2)c1C.[Br-]. The van der Waals surface area contributed by atoms with E-state index in [0.29, 0.717) is 24.9 Å². The average molecular weight is 529 g/mol. The third-order valence-electron chi connectivity index (χ3n) is 6.54. The number of nitrogens with zero attached hydrogens (tertiary/aromatic N) is 2. The summed E-state index contributed by atoms with van der Waals surface area (Å²) in [6.07, 6.45) is 6.77. The van der Waals surface area contributed by atoms with Crippen molar-refractivity contribution < 1.29 is 45.0 Å². The minimum absolute atomic E-state index is 0. The van der Waals surface area contributed by atoms with E-state index in [0.717, 1.165) is 25.2 Å². The number of hydrogen-bond acceptors (Lipinski definition) is 3. The van der Waals surface area contributed by atoms with Crippen molar-refractivity contribution in [2.75, 3.05) is 6.61 Å². The molecule has 33 heavy (non-hydrogen) atoms. The van der Waals surface area contributed by atoms with Gasteiger partial charge in [-0.3, -0.25) is 0 Å². The van der Waals surface area contributed by atoms with Gasteiger partial charge in [0.25, 0.3) is 5.82 Å². The molecule has 0 saturated heterocycles. The van der Waals surface area contributed by atoms with Crippen LogP contribution < -0.4 is 21.5 Å². The van der Waals surface area contributed by atoms with Crippen LogP contribution in [0.25, 0.3) is 0 Å². The Morgan fingerprint density at radius 2 is 2.03 bits per heavy atom. The van der Waals surface area contributed by atoms with Gasteiger partial charge in [0.2, 0.25) is 5.92 Å². The number of imidazole rings is 1. The zero-order chi connectivity index (χ0) is 23.2. The van der Waals surface area contributed by atoms with Crippen molar-refractivity contribution in [1.82, 2.24) is 4.57 Å². The first kappa shape index (κ1) is 27.4. The summed E-state index contributed by atoms with van der Waals surface area (Å²) in [5.74, 6) is -3.47. The van der Waals surface area contributed by atoms with Gasteiger partial charge in [-0.2, -0.15) is 0 Å². The Morgan fingerprint density at radius 1 is 1.30 bits per heavy atom. The van der Waals surface area contributed by atoms with Crippen LogP contribution >= 0.6 is 0 Å². The monoisotopic (exact) mass is 528 g/mol. The van der Waals surface area contributed by atoms with E-state index < -0.39 is 29.8 Å². The molecule has 0 bridgehead atoms. The lowest BCUT2D eigenvalue weighted by molar-refractivity contribution is -0.702. The molecule has 1 aliphatic carbocycles. The van der Waals surface area contributed by atoms with Crippen LogP contribution in [0.15, 0.2) is 42.7 Å². The van der Waals surface area contributed by atoms with Gasteiger partial charge in [-0.15, -0.1) is 0 Å². The highest BCUT2D eigenvalue weighted by Crippen LogP contribution is 2.45. The number of alkyl halides is 2. The Bertz CT molecular complexity index is 891. The lowest BCUT2D eigenvalue weighted by Gasteiger charge is -2.39. The average Bonchev–Trinajstić information content (AvgIpc) is 3.13. The number of unbranched alkanes of at least 4 members (excludes halogenated alkanes) is 1. The van der Waals surface area contributed by atoms with E-state index in [4.69, 9.17) is 4.74 Å². The molecule has 0 amide bonds. The summed E-state index contributed by atoms with van der Waals surface area (Å²) in [6.45, 7) is 5.97. The van der Waals surface area contributed by atoms with E-state index in [1.165, 1.54) is 0 Å². The highest BCUT2D eigenvalue weighted by molar-refractivity contribution is 5.81. The normalized spacial score (nSPS) is 19.4. The van der Waals surface area contributed by atoms with Crippen molar-refractivity contribution in [1.29, 1.82) is 0 Å². The first-order valence-corrected chi connectivity index (χ1v) is 11.7. The quantitative estimate of drug-likeness (QED) is 0.289. The second kappa shape index (κ2) is 12.1. The molecule has 1 N–H and O–H groups in total. The van der Waals surface area contributed by atoms with E-state index in [9.17, 15) is 18.7 Å². The molecule has 0 radical (unpaired) electrons. The lowest BCUT2D eigenvalue weighted by atomic mass is 9.72. The number of aliphatic hydroxyl groups is 1. The standard InChI is InChI=1S/C25H35F2N2O3.BrH/c1-3-4-14-28-16-17-29(20(28)2)15-9-18-32-23(30)25(31,21-10-6-5-7-11-21)22-12-8-13-24(26,27)19-22;/h5-7,10-11,16-17,22,31H,3-4,8-9,12-15,18-19H2,1-2H3;1H/q+1;/p-1/t22-,25-;/m0./s1. The van der Waals surface area contributed by atoms with Crippen molar-refractivity contribution in [3.8, 4) is 0 Å². The van der Waals surface area contributed by atoms with Crippen LogP contribution in [-0.4, -0.2) is 28.2 Å². The van der Waals surface area contributed by atoms with Gasteiger partial charge in [0.05, 0.1) is 19.7 Å². The summed E-state index contributed by atoms with van der Waals surface area (Å²) in [6, 6.07) is 8.35. The fourth-order valence-electron chi connectivity index (χ4n) is 4.59. The van der Waals surface area contributed by atoms with E-state index in [-0.39, 0.29) is 36.4 Å². The molecule has 1 saturated carbocycles. The topological polar surface area (TPSA) is 55.3 Å². The van der Waals surface area contributed by atoms with Gasteiger partial charge in [-0.05, 0) is 24.8 Å². The molecule has 5 nitrogen and oxygen atoms in total. The van der Waals surface area contributed by atoms with Crippen molar-refractivity contribution >= 4 is 5.97 Å². The molecule has 1 fully saturated rings.